The minimum absolute atomic E-state index is 0. The van der Waals surface area contributed by atoms with E-state index in [2.05, 4.69) is 53.5 Å². The second-order valence-corrected chi connectivity index (χ2v) is 17.5. The van der Waals surface area contributed by atoms with Crippen molar-refractivity contribution in [2.45, 2.75) is 85.4 Å². The zero-order valence-corrected chi connectivity index (χ0v) is 36.2. The fourth-order valence-electron chi connectivity index (χ4n) is 9.16. The van der Waals surface area contributed by atoms with Crippen molar-refractivity contribution >= 4 is 62.3 Å². The highest BCUT2D eigenvalue weighted by Gasteiger charge is 2.32. The van der Waals surface area contributed by atoms with Crippen molar-refractivity contribution in [2.24, 2.45) is 5.92 Å². The summed E-state index contributed by atoms with van der Waals surface area (Å²) in [5, 5.41) is 24.2. The Kier molecular flexibility index (Phi) is 14.0. The quantitative estimate of drug-likeness (QED) is 0.148. The van der Waals surface area contributed by atoms with Crippen molar-refractivity contribution in [3.8, 4) is 0 Å². The second-order valence-electron chi connectivity index (χ2n) is 16.7. The van der Waals surface area contributed by atoms with Crippen LogP contribution in [-0.2, 0) is 0 Å². The molecule has 0 aliphatic carbocycles. The number of β-amino-alcohol motifs (C(OH)–C–C–N with tert-alkyl or cyclic N) is 1. The van der Waals surface area contributed by atoms with E-state index in [1.54, 1.807) is 32.4 Å². The lowest BCUT2D eigenvalue weighted by Gasteiger charge is -2.27. The van der Waals surface area contributed by atoms with Crippen molar-refractivity contribution in [3.63, 3.8) is 0 Å². The van der Waals surface area contributed by atoms with Crippen LogP contribution >= 0.6 is 15.9 Å². The highest BCUT2D eigenvalue weighted by atomic mass is 79.9. The van der Waals surface area contributed by atoms with Crippen LogP contribution in [0.4, 0.5) is 41.4 Å². The highest BCUT2D eigenvalue weighted by molar-refractivity contribution is 9.10. The lowest BCUT2D eigenvalue weighted by Crippen LogP contribution is -2.33. The average molecular weight is 944 g/mol. The maximum Gasteiger partial charge on any atom is 0.322 e. The molecule has 0 unspecified atom stereocenters. The number of carbonyl (C=O) groups is 2. The van der Waals surface area contributed by atoms with Crippen molar-refractivity contribution in [3.05, 3.63) is 106 Å². The number of likely N-dealkylation sites (tertiary alicyclic amines) is 2. The number of carbonyl (C=O) groups excluding carboxylic acids is 2. The van der Waals surface area contributed by atoms with E-state index >= 15 is 0 Å². The highest BCUT2D eigenvalue weighted by Crippen LogP contribution is 2.40. The second kappa shape index (κ2) is 19.5. The number of hydrogen-bond acceptors (Lipinski definition) is 9. The number of halogens is 3. The first-order valence-corrected chi connectivity index (χ1v) is 22.0. The van der Waals surface area contributed by atoms with Crippen molar-refractivity contribution in [1.29, 1.82) is 0 Å². The molecule has 3 N–H and O–H groups in total. The monoisotopic (exact) mass is 942 g/mol. The third-order valence-electron chi connectivity index (χ3n) is 12.4. The van der Waals surface area contributed by atoms with E-state index in [0.29, 0.717) is 48.1 Å². The smallest absolute Gasteiger partial charge is 0.322 e. The predicted octanol–water partition coefficient (Wildman–Crippen LogP) is 9.24. The number of aliphatic hydroxyl groups is 1. The van der Waals surface area contributed by atoms with E-state index in [-0.39, 0.29) is 50.6 Å². The van der Waals surface area contributed by atoms with Gasteiger partial charge in [-0.3, -0.25) is 0 Å². The third-order valence-corrected chi connectivity index (χ3v) is 13.0. The number of urea groups is 2. The molecule has 8 heterocycles. The summed E-state index contributed by atoms with van der Waals surface area (Å²) in [4.78, 5) is 42.7. The molecule has 0 saturated carbocycles. The Bertz CT molecular complexity index is 2450. The minimum Gasteiger partial charge on any atom is -0.391 e. The molecule has 4 saturated heterocycles. The van der Waals surface area contributed by atoms with Crippen LogP contribution in [0.1, 0.15) is 89.1 Å². The van der Waals surface area contributed by atoms with Gasteiger partial charge in [-0.05, 0) is 104 Å². The van der Waals surface area contributed by atoms with Gasteiger partial charge >= 0.3 is 12.1 Å². The van der Waals surface area contributed by atoms with E-state index in [9.17, 15) is 23.5 Å². The molecular formula is C46H57BrF2N12O3. The Morgan fingerprint density at radius 3 is 1.72 bits per heavy atom. The summed E-state index contributed by atoms with van der Waals surface area (Å²) >= 11 is 3.49. The van der Waals surface area contributed by atoms with Gasteiger partial charge in [-0.2, -0.15) is 10.2 Å². The Balaban J connectivity index is 0.000000186. The molecule has 15 nitrogen and oxygen atoms in total. The molecule has 4 fully saturated rings. The first-order valence-electron chi connectivity index (χ1n) is 21.2. The first kappa shape index (κ1) is 46.1. The van der Waals surface area contributed by atoms with Gasteiger partial charge in [0.25, 0.3) is 0 Å². The number of hydrogen-bond donors (Lipinski definition) is 3. The lowest BCUT2D eigenvalue weighted by atomic mass is 9.99. The van der Waals surface area contributed by atoms with E-state index < -0.39 is 6.10 Å². The zero-order chi connectivity index (χ0) is 43.1. The molecule has 0 spiro atoms. The molecule has 0 bridgehead atoms. The van der Waals surface area contributed by atoms with Crippen LogP contribution in [0, 0.1) is 24.5 Å². The minimum atomic E-state index is -0.475. The summed E-state index contributed by atoms with van der Waals surface area (Å²) in [5.74, 6) is 1.66. The maximum absolute atomic E-state index is 13.6. The molecule has 0 radical (unpaired) electrons. The fraction of sp³-hybridized carbons (Fsp3) is 0.435. The van der Waals surface area contributed by atoms with E-state index in [1.165, 1.54) is 18.2 Å². The topological polar surface area (TPSA) is 152 Å². The molecule has 340 valence electrons. The lowest BCUT2D eigenvalue weighted by molar-refractivity contribution is 0.176. The van der Waals surface area contributed by atoms with Gasteiger partial charge in [-0.15, -0.1) is 0 Å². The maximum atomic E-state index is 13.6. The van der Waals surface area contributed by atoms with Crippen molar-refractivity contribution < 1.29 is 23.5 Å². The number of anilines is 4. The average Bonchev–Trinajstić information content (AvgIpc) is 4.12. The summed E-state index contributed by atoms with van der Waals surface area (Å²) in [6.07, 6.45) is 12.0. The number of rotatable bonds is 6. The normalized spacial score (nSPS) is 20.6. The third kappa shape index (κ3) is 9.48. The number of nitrogens with zero attached hydrogens (tertiary/aromatic N) is 10. The molecule has 4 atom stereocenters. The summed E-state index contributed by atoms with van der Waals surface area (Å²) in [6.45, 7) is 8.22. The van der Waals surface area contributed by atoms with E-state index in [0.717, 1.165) is 91.1 Å². The molecule has 4 aromatic heterocycles. The molecule has 10 rings (SSSR count). The number of benzene rings is 2. The number of aryl methyl sites for hydroxylation is 1. The molecule has 6 aromatic rings. The van der Waals surface area contributed by atoms with Gasteiger partial charge in [-0.25, -0.2) is 37.4 Å². The van der Waals surface area contributed by atoms with Gasteiger partial charge in [-0.1, -0.05) is 49.8 Å². The first-order chi connectivity index (χ1) is 30.0. The number of aliphatic hydroxyl groups excluding tert-OH is 1. The van der Waals surface area contributed by atoms with Gasteiger partial charge in [0, 0.05) is 56.1 Å². The van der Waals surface area contributed by atoms with Crippen LogP contribution in [0.2, 0.25) is 0 Å². The predicted molar refractivity (Wildman–Crippen MR) is 249 cm³/mol. The van der Waals surface area contributed by atoms with Gasteiger partial charge in [0.15, 0.2) is 11.3 Å². The van der Waals surface area contributed by atoms with Gasteiger partial charge < -0.3 is 35.3 Å². The summed E-state index contributed by atoms with van der Waals surface area (Å²) in [7, 11) is 0. The molecule has 4 aliphatic rings. The summed E-state index contributed by atoms with van der Waals surface area (Å²) < 4.78 is 31.2. The molecular weight excluding hydrogens is 886 g/mol. The molecule has 4 aliphatic heterocycles. The summed E-state index contributed by atoms with van der Waals surface area (Å²) in [5.41, 5.74) is 5.41. The molecule has 18 heteroatoms. The molecule has 2 aromatic carbocycles. The number of nitrogens with one attached hydrogen (secondary N) is 2. The van der Waals surface area contributed by atoms with Crippen LogP contribution in [0.15, 0.2) is 77.8 Å². The number of aromatic nitrogens is 6. The van der Waals surface area contributed by atoms with Crippen LogP contribution in [0.3, 0.4) is 0 Å². The van der Waals surface area contributed by atoms with Gasteiger partial charge in [0.05, 0.1) is 30.6 Å². The standard InChI is InChI=1S/C23H27FN6O.C21H22BrFN6O2.2CH4/c1-15-7-10-28(14-15)23(31)26-19-13-25-30-11-8-21(27-22(19)30)29-9-3-4-20(29)18-6-5-17(24)12-16(18)2;22-16-10-13(23)3-4-15(16)18-2-1-7-28(18)19-6-9-29-20(26-19)17(11-24-29)25-21(31)27-8-5-14(30)12-27;;/h5-6,8,11-13,15,20H,3-4,7,9-10,14H2,1-2H3,(H,26,31);3-4,6,9-11,14,18,30H,1-2,5,7-8,12H2,(H,25,31);2*1H4/t15-,20+;14-,18+;;/m00../s1. The Hall–Kier alpha value is -5.88. The van der Waals surface area contributed by atoms with E-state index in [4.69, 9.17) is 9.97 Å². The van der Waals surface area contributed by atoms with Crippen LogP contribution in [0.5, 0.6) is 0 Å². The van der Waals surface area contributed by atoms with Crippen LogP contribution in [-0.4, -0.2) is 102 Å². The largest absolute Gasteiger partial charge is 0.391 e. The number of fused-ring (bicyclic) bond motifs is 2. The SMILES string of the molecule is C.C.Cc1cc(F)ccc1[C@H]1CCCN1c1ccn2ncc(NC(=O)N3CC[C@H](C)C3)c2n1.O=C(Nc1cnn2ccc(N3CCC[C@@H]3c3ccc(F)cc3Br)nc12)N1CC[C@H](O)C1. The molecule has 4 amide bonds. The van der Waals surface area contributed by atoms with Crippen LogP contribution < -0.4 is 20.4 Å². The van der Waals surface area contributed by atoms with Crippen molar-refractivity contribution in [1.82, 2.24) is 39.0 Å². The molecule has 64 heavy (non-hydrogen) atoms. The summed E-state index contributed by atoms with van der Waals surface area (Å²) in [6, 6.07) is 13.5. The van der Waals surface area contributed by atoms with Crippen LogP contribution in [0.25, 0.3) is 11.3 Å². The Morgan fingerprint density at radius 2 is 1.22 bits per heavy atom. The fourth-order valence-corrected chi connectivity index (χ4v) is 9.78. The van der Waals surface area contributed by atoms with Crippen molar-refractivity contribution in [2.75, 3.05) is 59.7 Å². The van der Waals surface area contributed by atoms with Gasteiger partial charge in [0.2, 0.25) is 0 Å². The van der Waals surface area contributed by atoms with E-state index in [1.807, 2.05) is 48.5 Å². The number of amides is 4. The zero-order valence-electron chi connectivity index (χ0n) is 34.6. The Labute approximate surface area is 380 Å². The van der Waals surface area contributed by atoms with Gasteiger partial charge in [0.1, 0.15) is 34.6 Å². The Morgan fingerprint density at radius 1 is 0.703 bits per heavy atom.